The number of nitrogens with one attached hydrogen (secondary N) is 1. The maximum absolute atomic E-state index is 6.93. The van der Waals surface area contributed by atoms with Crippen LogP contribution in [0.25, 0.3) is 43.5 Å². The summed E-state index contributed by atoms with van der Waals surface area (Å²) in [6, 6.07) is 58.1. The van der Waals surface area contributed by atoms with Crippen molar-refractivity contribution in [2.24, 2.45) is 23.7 Å². The Kier molecular flexibility index (Phi) is 9.09. The second-order valence-electron chi connectivity index (χ2n) is 22.3. The molecule has 8 aromatic carbocycles. The number of nitrogens with zero attached hydrogens (tertiary/aromatic N) is 1. The number of furan rings is 1. The minimum Gasteiger partial charge on any atom is -0.454 e. The lowest BCUT2D eigenvalue weighted by Gasteiger charge is -2.63. The molecule has 2 heterocycles. The molecule has 1 N–H and O–H groups in total. The van der Waals surface area contributed by atoms with Crippen LogP contribution >= 0.6 is 11.8 Å². The molecule has 4 aliphatic carbocycles. The first-order valence-corrected chi connectivity index (χ1v) is 32.2. The van der Waals surface area contributed by atoms with Gasteiger partial charge in [-0.2, -0.15) is 0 Å². The molecule has 1 aliphatic heterocycles. The molecule has 14 rings (SSSR count). The van der Waals surface area contributed by atoms with Gasteiger partial charge in [-0.1, -0.05) is 165 Å². The van der Waals surface area contributed by atoms with Crippen LogP contribution in [0.15, 0.2) is 166 Å². The Balaban J connectivity index is 1.09. The van der Waals surface area contributed by atoms with E-state index in [1.165, 1.54) is 85.2 Å². The van der Waals surface area contributed by atoms with Gasteiger partial charge in [0, 0.05) is 53.8 Å². The van der Waals surface area contributed by atoms with Crippen molar-refractivity contribution in [3.05, 3.63) is 163 Å². The third-order valence-electron chi connectivity index (χ3n) is 16.4. The number of anilines is 5. The molecule has 0 radical (unpaired) electrons. The van der Waals surface area contributed by atoms with E-state index in [9.17, 15) is 0 Å². The predicted octanol–water partition coefficient (Wildman–Crippen LogP) is 16.4. The van der Waals surface area contributed by atoms with Gasteiger partial charge in [0.2, 0.25) is 0 Å². The molecule has 9 aromatic rings. The number of rotatable bonds is 7. The molecule has 4 fully saturated rings. The van der Waals surface area contributed by atoms with Crippen LogP contribution in [0.3, 0.4) is 0 Å². The van der Waals surface area contributed by atoms with Crippen LogP contribution in [0.1, 0.15) is 43.2 Å². The lowest BCUT2D eigenvalue weighted by molar-refractivity contribution is -0.0441. The van der Waals surface area contributed by atoms with Gasteiger partial charge in [0.15, 0.2) is 5.58 Å². The SMILES string of the molecule is C[Si](C)(C)c1ccc(Nc2cc3c(c4ccccc24)Sc2c(cc(N(c4ccc([Si](C)(C)C)cc4)c4cccc5c4oc4ccccc45)c4ccccc24)C32C3CC4CC(C3)CC2C4)cc1. The maximum Gasteiger partial charge on any atom is 0.159 e. The van der Waals surface area contributed by atoms with Crippen molar-refractivity contribution in [1.29, 1.82) is 0 Å². The fourth-order valence-corrected chi connectivity index (χ4v) is 17.3. The molecule has 1 spiro atoms. The average molecular weight is 911 g/mol. The second-order valence-corrected chi connectivity index (χ2v) is 33.5. The van der Waals surface area contributed by atoms with Crippen LogP contribution in [0, 0.1) is 23.7 Å². The highest BCUT2D eigenvalue weighted by Crippen LogP contribution is 2.70. The van der Waals surface area contributed by atoms with Gasteiger partial charge in [-0.3, -0.25) is 0 Å². The summed E-state index contributed by atoms with van der Waals surface area (Å²) in [5.74, 6) is 2.81. The van der Waals surface area contributed by atoms with Crippen molar-refractivity contribution >= 4 is 110 Å². The Bertz CT molecular complexity index is 3380. The zero-order chi connectivity index (χ0) is 44.7. The van der Waals surface area contributed by atoms with Gasteiger partial charge < -0.3 is 14.6 Å². The number of fused-ring (bicyclic) bond motifs is 9. The highest BCUT2D eigenvalue weighted by atomic mass is 32.2. The summed E-state index contributed by atoms with van der Waals surface area (Å²) in [6.45, 7) is 14.6. The number of benzene rings is 8. The zero-order valence-electron chi connectivity index (χ0n) is 39.0. The van der Waals surface area contributed by atoms with E-state index in [4.69, 9.17) is 4.42 Å². The van der Waals surface area contributed by atoms with E-state index >= 15 is 0 Å². The van der Waals surface area contributed by atoms with Gasteiger partial charge in [-0.15, -0.1) is 0 Å². The first kappa shape index (κ1) is 40.7. The molecule has 0 saturated heterocycles. The van der Waals surface area contributed by atoms with Gasteiger partial charge in [-0.25, -0.2) is 0 Å². The zero-order valence-corrected chi connectivity index (χ0v) is 41.9. The van der Waals surface area contributed by atoms with Gasteiger partial charge in [0.25, 0.3) is 0 Å². The van der Waals surface area contributed by atoms with E-state index in [0.717, 1.165) is 50.8 Å². The molecule has 66 heavy (non-hydrogen) atoms. The quantitative estimate of drug-likeness (QED) is 0.161. The summed E-state index contributed by atoms with van der Waals surface area (Å²) in [5.41, 5.74) is 10.7. The van der Waals surface area contributed by atoms with Crippen molar-refractivity contribution in [1.82, 2.24) is 0 Å². The highest BCUT2D eigenvalue weighted by molar-refractivity contribution is 8.00. The molecular formula is C60H58N2OSSi2. The molecule has 0 amide bonds. The van der Waals surface area contributed by atoms with Gasteiger partial charge in [0.1, 0.15) is 5.58 Å². The summed E-state index contributed by atoms with van der Waals surface area (Å²) in [6.07, 6.45) is 6.67. The van der Waals surface area contributed by atoms with Crippen LogP contribution in [0.5, 0.6) is 0 Å². The largest absolute Gasteiger partial charge is 0.454 e. The van der Waals surface area contributed by atoms with Crippen LogP contribution in [0.4, 0.5) is 28.4 Å². The summed E-state index contributed by atoms with van der Waals surface area (Å²) in [5, 5.41) is 14.6. The number of hydrogen-bond acceptors (Lipinski definition) is 4. The standard InChI is InChI=1S/C60H58N2OSSi2/c1-65(2,3)43-26-22-41(23-27-43)61-53-35-51-58(49-17-9-7-14-45(49)53)64-59-50-18-10-8-15-46(50)55(36-52(59)60(51)39-31-37-30-38(33-39)34-40(60)32-37)62(42-24-28-44(29-25-42)66(4,5)6)54-20-13-19-48-47-16-11-12-21-56(47)63-57(48)54/h7-29,35-40,61H,30-34H2,1-6H3. The van der Waals surface area contributed by atoms with Crippen molar-refractivity contribution in [2.75, 3.05) is 10.2 Å². The minimum absolute atomic E-state index is 0.122. The van der Waals surface area contributed by atoms with Gasteiger partial charge in [-0.05, 0) is 126 Å². The molecule has 328 valence electrons. The topological polar surface area (TPSA) is 28.4 Å². The fraction of sp³-hybridized carbons (Fsp3) is 0.267. The van der Waals surface area contributed by atoms with Crippen molar-refractivity contribution < 1.29 is 4.42 Å². The van der Waals surface area contributed by atoms with Crippen LogP contribution in [0.2, 0.25) is 39.3 Å². The first-order chi connectivity index (χ1) is 31.9. The van der Waals surface area contributed by atoms with Crippen molar-refractivity contribution in [2.45, 2.75) is 86.6 Å². The fourth-order valence-electron chi connectivity index (χ4n) is 13.5. The Morgan fingerprint density at radius 1 is 0.515 bits per heavy atom. The minimum atomic E-state index is -1.56. The van der Waals surface area contributed by atoms with Crippen molar-refractivity contribution in [3.8, 4) is 0 Å². The van der Waals surface area contributed by atoms with Crippen LogP contribution < -0.4 is 20.6 Å². The Morgan fingerprint density at radius 3 is 1.68 bits per heavy atom. The van der Waals surface area contributed by atoms with Gasteiger partial charge in [0.05, 0.1) is 27.5 Å². The summed E-state index contributed by atoms with van der Waals surface area (Å²) in [4.78, 5) is 5.48. The summed E-state index contributed by atoms with van der Waals surface area (Å²) < 4.78 is 6.93. The van der Waals surface area contributed by atoms with Gasteiger partial charge >= 0.3 is 0 Å². The van der Waals surface area contributed by atoms with E-state index in [-0.39, 0.29) is 5.41 Å². The maximum atomic E-state index is 6.93. The summed E-state index contributed by atoms with van der Waals surface area (Å²) in [7, 11) is -2.99. The van der Waals surface area contributed by atoms with E-state index in [1.807, 2.05) is 11.8 Å². The molecule has 3 nitrogen and oxygen atoms in total. The summed E-state index contributed by atoms with van der Waals surface area (Å²) >= 11 is 2.05. The monoisotopic (exact) mass is 910 g/mol. The predicted molar refractivity (Wildman–Crippen MR) is 287 cm³/mol. The average Bonchev–Trinajstić information content (AvgIpc) is 3.70. The smallest absolute Gasteiger partial charge is 0.159 e. The third kappa shape index (κ3) is 6.13. The highest BCUT2D eigenvalue weighted by Gasteiger charge is 2.61. The Morgan fingerprint density at radius 2 is 1.05 bits per heavy atom. The molecule has 5 aliphatic rings. The van der Waals surface area contributed by atoms with Crippen LogP contribution in [-0.2, 0) is 5.41 Å². The lowest BCUT2D eigenvalue weighted by Crippen LogP contribution is -2.57. The third-order valence-corrected chi connectivity index (χ3v) is 21.8. The van der Waals surface area contributed by atoms with E-state index < -0.39 is 16.1 Å². The molecule has 4 saturated carbocycles. The number of hydrogen-bond donors (Lipinski definition) is 1. The van der Waals surface area contributed by atoms with Crippen LogP contribution in [-0.4, -0.2) is 16.1 Å². The van der Waals surface area contributed by atoms with E-state index in [0.29, 0.717) is 11.8 Å². The Labute approximate surface area is 395 Å². The molecule has 0 unspecified atom stereocenters. The normalized spacial score (nSPS) is 22.1. The molecule has 4 bridgehead atoms. The lowest BCUT2D eigenvalue weighted by atomic mass is 9.42. The van der Waals surface area contributed by atoms with E-state index in [1.54, 1.807) is 11.1 Å². The Hall–Kier alpha value is -5.54. The first-order valence-electron chi connectivity index (χ1n) is 24.4. The molecule has 0 atom stereocenters. The molecular weight excluding hydrogens is 853 g/mol. The van der Waals surface area contributed by atoms with E-state index in [2.05, 4.69) is 201 Å². The van der Waals surface area contributed by atoms with Crippen molar-refractivity contribution in [3.63, 3.8) is 0 Å². The number of para-hydroxylation sites is 2. The molecule has 1 aromatic heterocycles. The second kappa shape index (κ2) is 14.7. The molecule has 6 heteroatoms.